The number of hydrogen-bond donors (Lipinski definition) is 2. The zero-order valence-corrected chi connectivity index (χ0v) is 22.1. The molecule has 194 valence electrons. The summed E-state index contributed by atoms with van der Waals surface area (Å²) in [5, 5.41) is 6.40. The standard InChI is InChI=1S/C30H42N4O2/c1-23(25-9-5-3-6-10-25)31-29(35)21-33-17-13-27(14-18-33)28-15-19-34(20-16-28)22-30(36)32-24(2)26-11-7-4-8-12-26/h13-20,23-26H,3-12,21-22H2,1-2H3/p+2/t23-,24-/m0/s1. The number of carbonyl (C=O) groups is 2. The van der Waals surface area contributed by atoms with Gasteiger partial charge < -0.3 is 10.6 Å². The third-order valence-corrected chi connectivity index (χ3v) is 8.26. The highest BCUT2D eigenvalue weighted by molar-refractivity contribution is 5.75. The molecule has 6 nitrogen and oxygen atoms in total. The molecule has 0 bridgehead atoms. The van der Waals surface area contributed by atoms with Gasteiger partial charge in [-0.05, 0) is 62.5 Å². The Hall–Kier alpha value is -2.76. The molecule has 2 saturated carbocycles. The van der Waals surface area contributed by atoms with Crippen LogP contribution < -0.4 is 19.8 Å². The van der Waals surface area contributed by atoms with Gasteiger partial charge in [0.2, 0.25) is 13.1 Å². The first-order valence-electron chi connectivity index (χ1n) is 14.1. The molecule has 2 fully saturated rings. The highest BCUT2D eigenvalue weighted by Gasteiger charge is 2.24. The van der Waals surface area contributed by atoms with Crippen LogP contribution in [0.3, 0.4) is 0 Å². The van der Waals surface area contributed by atoms with E-state index in [1.54, 1.807) is 0 Å². The van der Waals surface area contributed by atoms with E-state index in [1.807, 2.05) is 58.2 Å². The average Bonchev–Trinajstić information content (AvgIpc) is 2.90. The number of amides is 2. The van der Waals surface area contributed by atoms with Crippen molar-refractivity contribution in [2.75, 3.05) is 0 Å². The van der Waals surface area contributed by atoms with Crippen molar-refractivity contribution in [3.63, 3.8) is 0 Å². The van der Waals surface area contributed by atoms with Crippen molar-refractivity contribution in [2.45, 2.75) is 103 Å². The number of nitrogens with one attached hydrogen (secondary N) is 2. The molecule has 0 unspecified atom stereocenters. The zero-order chi connectivity index (χ0) is 25.3. The Balaban J connectivity index is 1.24. The van der Waals surface area contributed by atoms with Gasteiger partial charge in [0.25, 0.3) is 11.8 Å². The Bertz CT molecular complexity index is 896. The van der Waals surface area contributed by atoms with Crippen molar-refractivity contribution in [3.05, 3.63) is 49.1 Å². The van der Waals surface area contributed by atoms with Crippen molar-refractivity contribution < 1.29 is 18.7 Å². The van der Waals surface area contributed by atoms with E-state index in [0.29, 0.717) is 24.9 Å². The van der Waals surface area contributed by atoms with Gasteiger partial charge in [-0.1, -0.05) is 38.5 Å². The molecule has 2 aliphatic rings. The molecule has 2 atom stereocenters. The van der Waals surface area contributed by atoms with E-state index >= 15 is 0 Å². The molecular formula is C30H44N4O2+2. The van der Waals surface area contributed by atoms with Crippen LogP contribution in [0, 0.1) is 11.8 Å². The molecule has 0 saturated heterocycles. The van der Waals surface area contributed by atoms with Crippen LogP contribution in [0.1, 0.15) is 78.1 Å². The molecule has 6 heteroatoms. The monoisotopic (exact) mass is 492 g/mol. The highest BCUT2D eigenvalue weighted by atomic mass is 16.2. The Labute approximate surface area is 216 Å². The lowest BCUT2D eigenvalue weighted by Crippen LogP contribution is -2.47. The lowest BCUT2D eigenvalue weighted by molar-refractivity contribution is -0.684. The van der Waals surface area contributed by atoms with Gasteiger partial charge in [0, 0.05) is 36.3 Å². The predicted molar refractivity (Wildman–Crippen MR) is 141 cm³/mol. The molecular weight excluding hydrogens is 448 g/mol. The topological polar surface area (TPSA) is 66.0 Å². The molecule has 2 heterocycles. The third kappa shape index (κ3) is 7.62. The van der Waals surface area contributed by atoms with Gasteiger partial charge in [0.1, 0.15) is 0 Å². The largest absolute Gasteiger partial charge is 0.348 e. The summed E-state index contributed by atoms with van der Waals surface area (Å²) < 4.78 is 3.85. The molecule has 2 N–H and O–H groups in total. The van der Waals surface area contributed by atoms with E-state index < -0.39 is 0 Å². The Morgan fingerprint density at radius 3 is 1.33 bits per heavy atom. The van der Waals surface area contributed by atoms with Crippen LogP contribution in [-0.4, -0.2) is 23.9 Å². The summed E-state index contributed by atoms with van der Waals surface area (Å²) in [5.74, 6) is 1.37. The number of hydrogen-bond acceptors (Lipinski definition) is 2. The molecule has 36 heavy (non-hydrogen) atoms. The highest BCUT2D eigenvalue weighted by Crippen LogP contribution is 2.27. The van der Waals surface area contributed by atoms with Crippen molar-refractivity contribution in [2.24, 2.45) is 11.8 Å². The second-order valence-electron chi connectivity index (χ2n) is 11.0. The summed E-state index contributed by atoms with van der Waals surface area (Å²) in [4.78, 5) is 25.1. The SMILES string of the molecule is C[C@H](NC(=O)C[n+]1ccc(-c2cc[n+](CC(=O)N[C@@H](C)C3CCCCC3)cc2)cc1)C1CCCCC1. The lowest BCUT2D eigenvalue weighted by Gasteiger charge is -2.27. The van der Waals surface area contributed by atoms with Crippen LogP contribution in [0.2, 0.25) is 0 Å². The summed E-state index contributed by atoms with van der Waals surface area (Å²) in [7, 11) is 0. The maximum Gasteiger partial charge on any atom is 0.286 e. The fourth-order valence-corrected chi connectivity index (χ4v) is 5.95. The minimum atomic E-state index is 0.0719. The number of carbonyl (C=O) groups excluding carboxylic acids is 2. The van der Waals surface area contributed by atoms with Crippen molar-refractivity contribution >= 4 is 11.8 Å². The zero-order valence-electron chi connectivity index (χ0n) is 22.1. The van der Waals surface area contributed by atoms with Crippen LogP contribution >= 0.6 is 0 Å². The second kappa shape index (κ2) is 13.0. The smallest absolute Gasteiger partial charge is 0.286 e. The second-order valence-corrected chi connectivity index (χ2v) is 11.0. The summed E-state index contributed by atoms with van der Waals surface area (Å²) in [6.45, 7) is 4.95. The van der Waals surface area contributed by atoms with Gasteiger partial charge in [-0.25, -0.2) is 0 Å². The van der Waals surface area contributed by atoms with Gasteiger partial charge >= 0.3 is 0 Å². The summed E-state index contributed by atoms with van der Waals surface area (Å²) >= 11 is 0. The molecule has 0 aliphatic heterocycles. The van der Waals surface area contributed by atoms with Crippen LogP contribution in [0.15, 0.2) is 49.1 Å². The van der Waals surface area contributed by atoms with Gasteiger partial charge in [-0.3, -0.25) is 9.59 Å². The predicted octanol–water partition coefficient (Wildman–Crippen LogP) is 4.10. The van der Waals surface area contributed by atoms with Crippen molar-refractivity contribution in [3.8, 4) is 11.1 Å². The van der Waals surface area contributed by atoms with Crippen molar-refractivity contribution in [1.29, 1.82) is 0 Å². The van der Waals surface area contributed by atoms with Crippen LogP contribution in [0.4, 0.5) is 0 Å². The fraction of sp³-hybridized carbons (Fsp3) is 0.600. The first kappa shape index (κ1) is 26.3. The van der Waals surface area contributed by atoms with E-state index in [4.69, 9.17) is 0 Å². The maximum absolute atomic E-state index is 12.5. The van der Waals surface area contributed by atoms with E-state index in [-0.39, 0.29) is 23.9 Å². The number of rotatable bonds is 9. The molecule has 2 aromatic rings. The van der Waals surface area contributed by atoms with Crippen LogP contribution in [-0.2, 0) is 22.7 Å². The molecule has 0 spiro atoms. The molecule has 4 rings (SSSR count). The average molecular weight is 493 g/mol. The van der Waals surface area contributed by atoms with Gasteiger partial charge in [0.15, 0.2) is 24.8 Å². The molecule has 0 radical (unpaired) electrons. The summed E-state index contributed by atoms with van der Waals surface area (Å²) in [6.07, 6.45) is 20.5. The fourth-order valence-electron chi connectivity index (χ4n) is 5.95. The number of aromatic nitrogens is 2. The Kier molecular flexibility index (Phi) is 9.48. The van der Waals surface area contributed by atoms with E-state index in [9.17, 15) is 9.59 Å². The van der Waals surface area contributed by atoms with Gasteiger partial charge in [0.05, 0.1) is 0 Å². The van der Waals surface area contributed by atoms with Gasteiger partial charge in [-0.15, -0.1) is 0 Å². The molecule has 2 aromatic heterocycles. The normalized spacial score (nSPS) is 18.8. The van der Waals surface area contributed by atoms with Gasteiger partial charge in [-0.2, -0.15) is 9.13 Å². The Morgan fingerprint density at radius 2 is 1.00 bits per heavy atom. The molecule has 0 aromatic carbocycles. The quantitative estimate of drug-likeness (QED) is 0.518. The minimum Gasteiger partial charge on any atom is -0.348 e. The maximum atomic E-state index is 12.5. The van der Waals surface area contributed by atoms with E-state index in [0.717, 1.165) is 11.1 Å². The minimum absolute atomic E-state index is 0.0719. The third-order valence-electron chi connectivity index (χ3n) is 8.26. The Morgan fingerprint density at radius 1 is 0.667 bits per heavy atom. The van der Waals surface area contributed by atoms with E-state index in [2.05, 4.69) is 24.5 Å². The molecule has 2 aliphatic carbocycles. The first-order valence-corrected chi connectivity index (χ1v) is 14.1. The van der Waals surface area contributed by atoms with E-state index in [1.165, 1.54) is 64.2 Å². The summed E-state index contributed by atoms with van der Waals surface area (Å²) in [6, 6.07) is 8.63. The number of pyridine rings is 2. The van der Waals surface area contributed by atoms with Crippen LogP contribution in [0.5, 0.6) is 0 Å². The number of nitrogens with zero attached hydrogens (tertiary/aromatic N) is 2. The lowest BCUT2D eigenvalue weighted by atomic mass is 9.84. The first-order chi connectivity index (χ1) is 17.5. The van der Waals surface area contributed by atoms with Crippen molar-refractivity contribution in [1.82, 2.24) is 10.6 Å². The van der Waals surface area contributed by atoms with Crippen LogP contribution in [0.25, 0.3) is 11.1 Å². The molecule has 2 amide bonds. The summed E-state index contributed by atoms with van der Waals surface area (Å²) in [5.41, 5.74) is 2.18.